The van der Waals surface area contributed by atoms with Crippen molar-refractivity contribution in [3.05, 3.63) is 76.4 Å². The van der Waals surface area contributed by atoms with Crippen molar-refractivity contribution >= 4 is 5.91 Å². The average molecular weight is 450 g/mol. The molecule has 172 valence electrons. The fourth-order valence-corrected chi connectivity index (χ4v) is 4.75. The molecule has 2 aliphatic heterocycles. The van der Waals surface area contributed by atoms with Gasteiger partial charge in [-0.15, -0.1) is 5.10 Å². The van der Waals surface area contributed by atoms with E-state index in [1.165, 1.54) is 23.3 Å². The Morgan fingerprint density at radius 1 is 1.18 bits per heavy atom. The van der Waals surface area contributed by atoms with Crippen LogP contribution in [0, 0.1) is 12.7 Å². The van der Waals surface area contributed by atoms with E-state index in [-0.39, 0.29) is 17.8 Å². The standard InChI is InChI=1S/C25H28FN5O2/c1-17-16-33-13-12-30(17)25(32)24-18(2)31(28-27-24)23-5-3-4-20-15-29(11-10-22(20)23)14-19-6-8-21(26)9-7-19/h3-9,17H,10-16H2,1-2H3. The normalized spacial score (nSPS) is 18.9. The van der Waals surface area contributed by atoms with E-state index in [0.717, 1.165) is 43.0 Å². The minimum atomic E-state index is -0.212. The summed E-state index contributed by atoms with van der Waals surface area (Å²) in [5.41, 5.74) is 5.71. The highest BCUT2D eigenvalue weighted by atomic mass is 19.1. The number of hydrogen-bond acceptors (Lipinski definition) is 5. The number of aromatic nitrogens is 3. The highest BCUT2D eigenvalue weighted by Crippen LogP contribution is 2.27. The van der Waals surface area contributed by atoms with Gasteiger partial charge in [0.1, 0.15) is 5.82 Å². The molecule has 0 saturated carbocycles. The van der Waals surface area contributed by atoms with Crippen molar-refractivity contribution in [2.45, 2.75) is 39.4 Å². The Balaban J connectivity index is 1.37. The van der Waals surface area contributed by atoms with Gasteiger partial charge in [-0.25, -0.2) is 9.07 Å². The van der Waals surface area contributed by atoms with Crippen LogP contribution in [0.25, 0.3) is 5.69 Å². The summed E-state index contributed by atoms with van der Waals surface area (Å²) in [4.78, 5) is 17.3. The molecule has 2 aromatic carbocycles. The van der Waals surface area contributed by atoms with Crippen molar-refractivity contribution in [3.8, 4) is 5.69 Å². The van der Waals surface area contributed by atoms with Crippen molar-refractivity contribution < 1.29 is 13.9 Å². The number of carbonyl (C=O) groups is 1. The molecule has 8 heteroatoms. The molecule has 3 heterocycles. The summed E-state index contributed by atoms with van der Waals surface area (Å²) in [6, 6.07) is 12.9. The molecule has 5 rings (SSSR count). The summed E-state index contributed by atoms with van der Waals surface area (Å²) in [6.45, 7) is 8.03. The van der Waals surface area contributed by atoms with E-state index < -0.39 is 0 Å². The van der Waals surface area contributed by atoms with Crippen LogP contribution in [0.5, 0.6) is 0 Å². The number of nitrogens with zero attached hydrogens (tertiary/aromatic N) is 5. The van der Waals surface area contributed by atoms with E-state index in [0.29, 0.717) is 25.5 Å². The molecule has 1 saturated heterocycles. The van der Waals surface area contributed by atoms with Gasteiger partial charge in [-0.05, 0) is 55.2 Å². The van der Waals surface area contributed by atoms with Gasteiger partial charge in [-0.3, -0.25) is 9.69 Å². The number of rotatable bonds is 4. The van der Waals surface area contributed by atoms with Crippen molar-refractivity contribution in [2.24, 2.45) is 0 Å². The van der Waals surface area contributed by atoms with Gasteiger partial charge >= 0.3 is 0 Å². The predicted molar refractivity (Wildman–Crippen MR) is 122 cm³/mol. The number of hydrogen-bond donors (Lipinski definition) is 0. The number of fused-ring (bicyclic) bond motifs is 1. The number of carbonyl (C=O) groups excluding carboxylic acids is 1. The third-order valence-electron chi connectivity index (χ3n) is 6.59. The second-order valence-corrected chi connectivity index (χ2v) is 8.86. The van der Waals surface area contributed by atoms with E-state index in [9.17, 15) is 9.18 Å². The second kappa shape index (κ2) is 9.03. The molecule has 1 amide bonds. The summed E-state index contributed by atoms with van der Waals surface area (Å²) < 4.78 is 20.5. The molecule has 1 aromatic heterocycles. The average Bonchev–Trinajstić information content (AvgIpc) is 3.21. The Morgan fingerprint density at radius 2 is 2.00 bits per heavy atom. The summed E-state index contributed by atoms with van der Waals surface area (Å²) in [5, 5.41) is 8.64. The van der Waals surface area contributed by atoms with Crippen molar-refractivity contribution in [2.75, 3.05) is 26.3 Å². The molecule has 3 aromatic rings. The lowest BCUT2D eigenvalue weighted by Crippen LogP contribution is -2.47. The number of morpholine rings is 1. The minimum Gasteiger partial charge on any atom is -0.377 e. The second-order valence-electron chi connectivity index (χ2n) is 8.86. The van der Waals surface area contributed by atoms with Crippen LogP contribution in [-0.4, -0.2) is 63.0 Å². The zero-order valence-electron chi connectivity index (χ0n) is 19.0. The van der Waals surface area contributed by atoms with Crippen LogP contribution >= 0.6 is 0 Å². The molecule has 0 N–H and O–H groups in total. The van der Waals surface area contributed by atoms with Gasteiger partial charge in [0.15, 0.2) is 5.69 Å². The van der Waals surface area contributed by atoms with Crippen LogP contribution in [0.3, 0.4) is 0 Å². The van der Waals surface area contributed by atoms with Gasteiger partial charge in [-0.1, -0.05) is 29.5 Å². The topological polar surface area (TPSA) is 63.5 Å². The summed E-state index contributed by atoms with van der Waals surface area (Å²) in [5.74, 6) is -0.304. The lowest BCUT2D eigenvalue weighted by molar-refractivity contribution is 0.00322. The fourth-order valence-electron chi connectivity index (χ4n) is 4.75. The van der Waals surface area contributed by atoms with Gasteiger partial charge < -0.3 is 9.64 Å². The first-order chi connectivity index (χ1) is 16.0. The summed E-state index contributed by atoms with van der Waals surface area (Å²) >= 11 is 0. The van der Waals surface area contributed by atoms with Crippen molar-refractivity contribution in [3.63, 3.8) is 0 Å². The largest absolute Gasteiger partial charge is 0.377 e. The number of halogens is 1. The highest BCUT2D eigenvalue weighted by molar-refractivity contribution is 5.93. The summed E-state index contributed by atoms with van der Waals surface area (Å²) in [6.07, 6.45) is 0.871. The van der Waals surface area contributed by atoms with Gasteiger partial charge in [0.25, 0.3) is 5.91 Å². The SMILES string of the molecule is Cc1c(C(=O)N2CCOCC2C)nnn1-c1cccc2c1CCN(Cc1ccc(F)cc1)C2. The molecule has 33 heavy (non-hydrogen) atoms. The van der Waals surface area contributed by atoms with Gasteiger partial charge in [-0.2, -0.15) is 0 Å². The quantitative estimate of drug-likeness (QED) is 0.612. The molecule has 2 aliphatic rings. The molecule has 0 radical (unpaired) electrons. The van der Waals surface area contributed by atoms with Crippen LogP contribution < -0.4 is 0 Å². The molecular weight excluding hydrogens is 421 g/mol. The zero-order chi connectivity index (χ0) is 22.9. The number of ether oxygens (including phenoxy) is 1. The molecule has 0 aliphatic carbocycles. The van der Waals surface area contributed by atoms with Gasteiger partial charge in [0.05, 0.1) is 30.6 Å². The number of benzene rings is 2. The monoisotopic (exact) mass is 449 g/mol. The first-order valence-electron chi connectivity index (χ1n) is 11.4. The van der Waals surface area contributed by atoms with Crippen LogP contribution in [0.4, 0.5) is 4.39 Å². The van der Waals surface area contributed by atoms with E-state index in [1.54, 1.807) is 4.68 Å². The van der Waals surface area contributed by atoms with Crippen LogP contribution in [0.1, 0.15) is 39.8 Å². The smallest absolute Gasteiger partial charge is 0.276 e. The van der Waals surface area contributed by atoms with Crippen LogP contribution in [0.15, 0.2) is 42.5 Å². The molecule has 0 spiro atoms. The van der Waals surface area contributed by atoms with Gasteiger partial charge in [0, 0.05) is 26.2 Å². The van der Waals surface area contributed by atoms with Gasteiger partial charge in [0.2, 0.25) is 0 Å². The Bertz CT molecular complexity index is 1160. The fraction of sp³-hybridized carbons (Fsp3) is 0.400. The van der Waals surface area contributed by atoms with Crippen LogP contribution in [0.2, 0.25) is 0 Å². The first kappa shape index (κ1) is 21.7. The van der Waals surface area contributed by atoms with E-state index in [4.69, 9.17) is 4.74 Å². The lowest BCUT2D eigenvalue weighted by Gasteiger charge is -2.32. The highest BCUT2D eigenvalue weighted by Gasteiger charge is 2.29. The Labute approximate surface area is 192 Å². The Kier molecular flexibility index (Phi) is 5.95. The molecule has 0 bridgehead atoms. The third-order valence-corrected chi connectivity index (χ3v) is 6.59. The third kappa shape index (κ3) is 4.28. The Morgan fingerprint density at radius 3 is 2.79 bits per heavy atom. The molecule has 7 nitrogen and oxygen atoms in total. The predicted octanol–water partition coefficient (Wildman–Crippen LogP) is 3.13. The lowest BCUT2D eigenvalue weighted by atomic mass is 9.97. The molecule has 1 unspecified atom stereocenters. The van der Waals surface area contributed by atoms with E-state index in [1.807, 2.05) is 43.0 Å². The van der Waals surface area contributed by atoms with E-state index in [2.05, 4.69) is 21.3 Å². The molecular formula is C25H28FN5O2. The maximum absolute atomic E-state index is 13.2. The number of amides is 1. The maximum Gasteiger partial charge on any atom is 0.276 e. The van der Waals surface area contributed by atoms with E-state index >= 15 is 0 Å². The first-order valence-corrected chi connectivity index (χ1v) is 11.4. The maximum atomic E-state index is 13.2. The van der Waals surface area contributed by atoms with Crippen molar-refractivity contribution in [1.82, 2.24) is 24.8 Å². The Hall–Kier alpha value is -3.10. The van der Waals surface area contributed by atoms with Crippen LogP contribution in [-0.2, 0) is 24.2 Å². The van der Waals surface area contributed by atoms with Crippen molar-refractivity contribution in [1.29, 1.82) is 0 Å². The summed E-state index contributed by atoms with van der Waals surface area (Å²) in [7, 11) is 0. The molecule has 1 fully saturated rings. The minimum absolute atomic E-state index is 0.0207. The zero-order valence-corrected chi connectivity index (χ0v) is 19.0. The molecule has 1 atom stereocenters.